The number of carbonyl (C=O) groups is 1. The van der Waals surface area contributed by atoms with Gasteiger partial charge in [0.1, 0.15) is 12.4 Å². The number of methoxy groups -OCH3 is 1. The van der Waals surface area contributed by atoms with Gasteiger partial charge in [0.05, 0.1) is 29.3 Å². The van der Waals surface area contributed by atoms with Crippen LogP contribution in [0.25, 0.3) is 11.0 Å². The molecule has 0 unspecified atom stereocenters. The van der Waals surface area contributed by atoms with Crippen LogP contribution in [-0.4, -0.2) is 35.8 Å². The Bertz CT molecular complexity index is 1070. The normalized spacial score (nSPS) is 16.0. The molecule has 6 nitrogen and oxygen atoms in total. The number of allylic oxidation sites excluding steroid dienone is 1. The van der Waals surface area contributed by atoms with Crippen LogP contribution >= 0.6 is 0 Å². The number of esters is 1. The number of hydrogen-bond donors (Lipinski definition) is 1. The van der Waals surface area contributed by atoms with Crippen molar-refractivity contribution >= 4 is 23.0 Å². The number of para-hydroxylation sites is 2. The topological polar surface area (TPSA) is 65.4 Å². The van der Waals surface area contributed by atoms with Gasteiger partial charge < -0.3 is 14.8 Å². The van der Waals surface area contributed by atoms with Crippen LogP contribution in [0.3, 0.4) is 0 Å². The molecule has 28 heavy (non-hydrogen) atoms. The van der Waals surface area contributed by atoms with Crippen molar-refractivity contribution < 1.29 is 18.7 Å². The Morgan fingerprint density at radius 1 is 1.18 bits per heavy atom. The second kappa shape index (κ2) is 7.44. The standard InChI is InChI=1S/C21H20FN3O3/c1-13-18(20(26)28-12-11-27-2)19(14-7-3-4-8-15(14)22)25-17-10-6-5-9-16(17)24-21(25)23-13/h3-10,19H,11-12H2,1-2H3,(H,23,24)/t19-/m1/s1. The molecule has 1 aliphatic heterocycles. The Labute approximate surface area is 161 Å². The molecule has 1 N–H and O–H groups in total. The zero-order valence-electron chi connectivity index (χ0n) is 15.6. The number of nitrogens with one attached hydrogen (secondary N) is 1. The third kappa shape index (κ3) is 3.03. The lowest BCUT2D eigenvalue weighted by atomic mass is 9.94. The third-order valence-corrected chi connectivity index (χ3v) is 4.77. The van der Waals surface area contributed by atoms with Crippen LogP contribution < -0.4 is 5.32 Å². The van der Waals surface area contributed by atoms with Crippen molar-refractivity contribution in [2.75, 3.05) is 25.6 Å². The molecule has 1 aromatic heterocycles. The fourth-order valence-corrected chi connectivity index (χ4v) is 3.51. The smallest absolute Gasteiger partial charge is 0.338 e. The molecule has 2 aromatic carbocycles. The average molecular weight is 381 g/mol. The summed E-state index contributed by atoms with van der Waals surface area (Å²) in [4.78, 5) is 17.5. The van der Waals surface area contributed by atoms with Crippen molar-refractivity contribution in [2.24, 2.45) is 0 Å². The first-order valence-electron chi connectivity index (χ1n) is 8.97. The molecule has 3 aromatic rings. The fourth-order valence-electron chi connectivity index (χ4n) is 3.51. The Balaban J connectivity index is 1.89. The zero-order chi connectivity index (χ0) is 19.7. The van der Waals surface area contributed by atoms with Gasteiger partial charge in [0.2, 0.25) is 5.95 Å². The number of aromatic nitrogens is 2. The van der Waals surface area contributed by atoms with Crippen LogP contribution in [0.4, 0.5) is 10.3 Å². The van der Waals surface area contributed by atoms with Gasteiger partial charge in [0.25, 0.3) is 0 Å². The van der Waals surface area contributed by atoms with Gasteiger partial charge in [0, 0.05) is 18.4 Å². The highest BCUT2D eigenvalue weighted by Gasteiger charge is 2.36. The molecule has 0 spiro atoms. The third-order valence-electron chi connectivity index (χ3n) is 4.77. The Kier molecular flexibility index (Phi) is 4.83. The van der Waals surface area contributed by atoms with Crippen LogP contribution in [0.5, 0.6) is 0 Å². The van der Waals surface area contributed by atoms with Gasteiger partial charge in [-0.3, -0.25) is 4.57 Å². The van der Waals surface area contributed by atoms with E-state index in [2.05, 4.69) is 10.3 Å². The monoisotopic (exact) mass is 381 g/mol. The Hall–Kier alpha value is -3.19. The van der Waals surface area contributed by atoms with Crippen molar-refractivity contribution in [1.29, 1.82) is 0 Å². The molecule has 0 saturated heterocycles. The first-order valence-corrected chi connectivity index (χ1v) is 8.97. The molecule has 0 amide bonds. The van der Waals surface area contributed by atoms with Gasteiger partial charge in [-0.05, 0) is 25.1 Å². The van der Waals surface area contributed by atoms with Crippen molar-refractivity contribution in [3.05, 3.63) is 71.2 Å². The number of fused-ring (bicyclic) bond motifs is 3. The van der Waals surface area contributed by atoms with E-state index in [1.807, 2.05) is 28.8 Å². The van der Waals surface area contributed by atoms with E-state index < -0.39 is 17.8 Å². The summed E-state index contributed by atoms with van der Waals surface area (Å²) in [5.41, 5.74) is 2.86. The number of imidazole rings is 1. The van der Waals surface area contributed by atoms with Gasteiger partial charge >= 0.3 is 5.97 Å². The second-order valence-electron chi connectivity index (χ2n) is 6.51. The van der Waals surface area contributed by atoms with E-state index >= 15 is 0 Å². The van der Waals surface area contributed by atoms with Crippen LogP contribution in [0.2, 0.25) is 0 Å². The van der Waals surface area contributed by atoms with Gasteiger partial charge in [-0.25, -0.2) is 14.2 Å². The molecule has 0 saturated carbocycles. The molecule has 4 rings (SSSR count). The van der Waals surface area contributed by atoms with E-state index in [1.54, 1.807) is 25.1 Å². The molecule has 2 heterocycles. The highest BCUT2D eigenvalue weighted by Crippen LogP contribution is 2.40. The number of carbonyl (C=O) groups excluding carboxylic acids is 1. The molecule has 0 aliphatic carbocycles. The maximum absolute atomic E-state index is 14.8. The number of benzene rings is 2. The second-order valence-corrected chi connectivity index (χ2v) is 6.51. The number of anilines is 1. The van der Waals surface area contributed by atoms with E-state index in [-0.39, 0.29) is 13.2 Å². The highest BCUT2D eigenvalue weighted by atomic mass is 19.1. The van der Waals surface area contributed by atoms with E-state index in [0.29, 0.717) is 22.8 Å². The molecule has 7 heteroatoms. The first-order chi connectivity index (χ1) is 13.6. The Morgan fingerprint density at radius 2 is 1.93 bits per heavy atom. The molecule has 0 fully saturated rings. The number of rotatable bonds is 5. The maximum Gasteiger partial charge on any atom is 0.338 e. The molecular weight excluding hydrogens is 361 g/mol. The summed E-state index contributed by atoms with van der Waals surface area (Å²) in [6, 6.07) is 13.3. The lowest BCUT2D eigenvalue weighted by molar-refractivity contribution is -0.140. The van der Waals surface area contributed by atoms with E-state index in [1.165, 1.54) is 13.2 Å². The van der Waals surface area contributed by atoms with Crippen molar-refractivity contribution in [3.8, 4) is 0 Å². The zero-order valence-corrected chi connectivity index (χ0v) is 15.6. The predicted octanol–water partition coefficient (Wildman–Crippen LogP) is 3.65. The van der Waals surface area contributed by atoms with Crippen molar-refractivity contribution in [3.63, 3.8) is 0 Å². The van der Waals surface area contributed by atoms with E-state index in [0.717, 1.165) is 11.0 Å². The van der Waals surface area contributed by atoms with E-state index in [4.69, 9.17) is 9.47 Å². The molecule has 1 atom stereocenters. The summed E-state index contributed by atoms with van der Waals surface area (Å²) in [6.45, 7) is 2.17. The SMILES string of the molecule is COCCOC(=O)C1=C(C)Nc2nc3ccccc3n2[C@@H]1c1ccccc1F. The summed E-state index contributed by atoms with van der Waals surface area (Å²) in [6.07, 6.45) is 0. The number of halogens is 1. The van der Waals surface area contributed by atoms with Gasteiger partial charge in [-0.15, -0.1) is 0 Å². The number of nitrogens with zero attached hydrogens (tertiary/aromatic N) is 2. The summed E-state index contributed by atoms with van der Waals surface area (Å²) in [5.74, 6) is -0.354. The minimum absolute atomic E-state index is 0.119. The summed E-state index contributed by atoms with van der Waals surface area (Å²) < 4.78 is 27.0. The molecule has 0 bridgehead atoms. The molecule has 0 radical (unpaired) electrons. The quantitative estimate of drug-likeness (QED) is 0.540. The van der Waals surface area contributed by atoms with Crippen LogP contribution in [-0.2, 0) is 14.3 Å². The van der Waals surface area contributed by atoms with Gasteiger partial charge in [0.15, 0.2) is 0 Å². The fraction of sp³-hybridized carbons (Fsp3) is 0.238. The summed E-state index contributed by atoms with van der Waals surface area (Å²) in [5, 5.41) is 3.17. The van der Waals surface area contributed by atoms with Crippen molar-refractivity contribution in [2.45, 2.75) is 13.0 Å². The molecular formula is C21H20FN3O3. The molecule has 1 aliphatic rings. The summed E-state index contributed by atoms with van der Waals surface area (Å²) in [7, 11) is 1.53. The van der Waals surface area contributed by atoms with Gasteiger partial charge in [-0.2, -0.15) is 0 Å². The average Bonchev–Trinajstić information content (AvgIpc) is 3.05. The van der Waals surface area contributed by atoms with E-state index in [9.17, 15) is 9.18 Å². The summed E-state index contributed by atoms with van der Waals surface area (Å²) >= 11 is 0. The first kappa shape index (κ1) is 18.2. The maximum atomic E-state index is 14.8. The van der Waals surface area contributed by atoms with Crippen molar-refractivity contribution in [1.82, 2.24) is 9.55 Å². The highest BCUT2D eigenvalue weighted by molar-refractivity contribution is 5.94. The lowest BCUT2D eigenvalue weighted by Crippen LogP contribution is -2.30. The van der Waals surface area contributed by atoms with Gasteiger partial charge in [-0.1, -0.05) is 30.3 Å². The van der Waals surface area contributed by atoms with Crippen LogP contribution in [0.1, 0.15) is 18.5 Å². The number of ether oxygens (including phenoxy) is 2. The largest absolute Gasteiger partial charge is 0.460 e. The predicted molar refractivity (Wildman–Crippen MR) is 103 cm³/mol. The lowest BCUT2D eigenvalue weighted by Gasteiger charge is -2.30. The number of hydrogen-bond acceptors (Lipinski definition) is 5. The molecule has 144 valence electrons. The van der Waals surface area contributed by atoms with Crippen LogP contribution in [0, 0.1) is 5.82 Å². The van der Waals surface area contributed by atoms with Crippen LogP contribution in [0.15, 0.2) is 59.8 Å². The minimum atomic E-state index is -0.695. The Morgan fingerprint density at radius 3 is 2.71 bits per heavy atom. The minimum Gasteiger partial charge on any atom is -0.460 e.